The lowest BCUT2D eigenvalue weighted by molar-refractivity contribution is 0.185. The lowest BCUT2D eigenvalue weighted by Crippen LogP contribution is -2.07. The van der Waals surface area contributed by atoms with Crippen molar-refractivity contribution in [1.82, 2.24) is 29.0 Å². The third-order valence-corrected chi connectivity index (χ3v) is 6.15. The van der Waals surface area contributed by atoms with Crippen LogP contribution in [0.2, 0.25) is 0 Å². The van der Waals surface area contributed by atoms with Crippen LogP contribution in [0.4, 0.5) is 10.3 Å². The van der Waals surface area contributed by atoms with E-state index in [0.717, 1.165) is 41.1 Å². The highest BCUT2D eigenvalue weighted by atomic mass is 19.1. The Bertz CT molecular complexity index is 1480. The lowest BCUT2D eigenvalue weighted by atomic mass is 10.0. The number of rotatable bonds is 4. The van der Waals surface area contributed by atoms with Crippen molar-refractivity contribution in [2.45, 2.75) is 19.8 Å². The minimum atomic E-state index is -0.312. The van der Waals surface area contributed by atoms with E-state index in [-0.39, 0.29) is 11.8 Å². The van der Waals surface area contributed by atoms with Crippen LogP contribution in [0.5, 0.6) is 0 Å². The number of pyridine rings is 1. The van der Waals surface area contributed by atoms with E-state index in [1.54, 1.807) is 16.6 Å². The van der Waals surface area contributed by atoms with Crippen molar-refractivity contribution in [1.29, 1.82) is 0 Å². The third-order valence-electron chi connectivity index (χ3n) is 6.15. The Hall–Kier alpha value is -3.85. The van der Waals surface area contributed by atoms with Gasteiger partial charge in [0.1, 0.15) is 11.5 Å². The lowest BCUT2D eigenvalue weighted by Gasteiger charge is -2.12. The van der Waals surface area contributed by atoms with Crippen molar-refractivity contribution >= 4 is 17.2 Å². The fourth-order valence-electron chi connectivity index (χ4n) is 4.42. The average molecular weight is 443 g/mol. The van der Waals surface area contributed by atoms with Crippen LogP contribution in [0.25, 0.3) is 33.7 Å². The molecule has 6 rings (SSSR count). The number of aromatic nitrogens is 6. The van der Waals surface area contributed by atoms with E-state index in [1.165, 1.54) is 12.1 Å². The molecule has 0 spiro atoms. The van der Waals surface area contributed by atoms with Gasteiger partial charge in [-0.05, 0) is 55.7 Å². The molecule has 166 valence electrons. The summed E-state index contributed by atoms with van der Waals surface area (Å²) in [5.41, 5.74) is 11.9. The summed E-state index contributed by atoms with van der Waals surface area (Å²) in [6.07, 6.45) is 5.55. The van der Waals surface area contributed by atoms with Gasteiger partial charge in [0.25, 0.3) is 0 Å². The first kappa shape index (κ1) is 19.8. The van der Waals surface area contributed by atoms with E-state index in [9.17, 15) is 4.39 Å². The van der Waals surface area contributed by atoms with Crippen LogP contribution in [0.1, 0.15) is 17.9 Å². The zero-order valence-electron chi connectivity index (χ0n) is 18.1. The Morgan fingerprint density at radius 3 is 2.73 bits per heavy atom. The number of anilines is 1. The molecule has 8 nitrogen and oxygen atoms in total. The van der Waals surface area contributed by atoms with E-state index in [4.69, 9.17) is 15.5 Å². The number of nitrogens with zero attached hydrogens (tertiary/aromatic N) is 6. The average Bonchev–Trinajstić information content (AvgIpc) is 3.56. The number of benzene rings is 1. The monoisotopic (exact) mass is 443 g/mol. The van der Waals surface area contributed by atoms with Gasteiger partial charge in [0.05, 0.1) is 11.3 Å². The molecule has 5 aromatic rings. The number of nitrogen functional groups attached to an aromatic ring is 1. The Morgan fingerprint density at radius 2 is 1.94 bits per heavy atom. The molecular formula is C24H22FN7O. The molecule has 0 unspecified atom stereocenters. The molecule has 1 aromatic carbocycles. The van der Waals surface area contributed by atoms with Gasteiger partial charge in [0.2, 0.25) is 5.95 Å². The molecule has 0 aliphatic carbocycles. The van der Waals surface area contributed by atoms with Gasteiger partial charge in [-0.3, -0.25) is 0 Å². The molecule has 1 aliphatic rings. The maximum atomic E-state index is 13.6. The molecule has 5 heterocycles. The number of nitrogens with two attached hydrogens (primary N) is 1. The van der Waals surface area contributed by atoms with Gasteiger partial charge < -0.3 is 14.9 Å². The predicted molar refractivity (Wildman–Crippen MR) is 122 cm³/mol. The van der Waals surface area contributed by atoms with Crippen LogP contribution >= 0.6 is 0 Å². The summed E-state index contributed by atoms with van der Waals surface area (Å²) in [4.78, 5) is 14.0. The highest BCUT2D eigenvalue weighted by Crippen LogP contribution is 2.35. The molecule has 1 atom stereocenters. The number of aryl methyl sites for hydroxylation is 1. The Morgan fingerprint density at radius 1 is 1.12 bits per heavy atom. The van der Waals surface area contributed by atoms with Crippen LogP contribution in [-0.2, 0) is 11.2 Å². The van der Waals surface area contributed by atoms with Crippen molar-refractivity contribution in [2.75, 3.05) is 18.9 Å². The molecule has 2 N–H and O–H groups in total. The summed E-state index contributed by atoms with van der Waals surface area (Å²) in [5.74, 6) is 1.01. The van der Waals surface area contributed by atoms with Crippen LogP contribution in [0.15, 0.2) is 48.8 Å². The van der Waals surface area contributed by atoms with E-state index in [0.29, 0.717) is 36.1 Å². The van der Waals surface area contributed by atoms with Crippen LogP contribution < -0.4 is 5.73 Å². The molecule has 1 aliphatic heterocycles. The normalized spacial score (nSPS) is 16.2. The summed E-state index contributed by atoms with van der Waals surface area (Å²) in [6, 6.07) is 10.2. The molecule has 4 aromatic heterocycles. The largest absolute Gasteiger partial charge is 0.381 e. The number of fused-ring (bicyclic) bond motifs is 2. The maximum Gasteiger partial charge on any atom is 0.223 e. The predicted octanol–water partition coefficient (Wildman–Crippen LogP) is 3.71. The zero-order chi connectivity index (χ0) is 22.5. The highest BCUT2D eigenvalue weighted by molar-refractivity contribution is 5.90. The fourth-order valence-corrected chi connectivity index (χ4v) is 4.42. The number of ether oxygens (including phenoxy) is 1. The summed E-state index contributed by atoms with van der Waals surface area (Å²) >= 11 is 0. The highest BCUT2D eigenvalue weighted by Gasteiger charge is 2.23. The summed E-state index contributed by atoms with van der Waals surface area (Å²) < 4.78 is 22.8. The molecule has 0 radical (unpaired) electrons. The van der Waals surface area contributed by atoms with Crippen molar-refractivity contribution in [3.05, 3.63) is 66.1 Å². The first-order valence-corrected chi connectivity index (χ1v) is 10.9. The molecule has 1 saturated heterocycles. The molecular weight excluding hydrogens is 421 g/mol. The molecule has 0 bridgehead atoms. The van der Waals surface area contributed by atoms with Gasteiger partial charge in [0, 0.05) is 48.8 Å². The summed E-state index contributed by atoms with van der Waals surface area (Å²) in [6.45, 7) is 3.49. The van der Waals surface area contributed by atoms with Crippen molar-refractivity contribution in [3.8, 4) is 22.4 Å². The first-order chi connectivity index (χ1) is 16.1. The fraction of sp³-hybridized carbons (Fsp3) is 0.250. The molecule has 9 heteroatoms. The van der Waals surface area contributed by atoms with Crippen molar-refractivity contribution in [3.63, 3.8) is 0 Å². The van der Waals surface area contributed by atoms with E-state index in [1.807, 2.05) is 35.9 Å². The zero-order valence-corrected chi connectivity index (χ0v) is 18.1. The summed E-state index contributed by atoms with van der Waals surface area (Å²) in [7, 11) is 0. The smallest absolute Gasteiger partial charge is 0.223 e. The minimum Gasteiger partial charge on any atom is -0.381 e. The summed E-state index contributed by atoms with van der Waals surface area (Å²) in [5, 5.41) is 4.66. The maximum absolute atomic E-state index is 13.6. The number of imidazole rings is 1. The van der Waals surface area contributed by atoms with Crippen LogP contribution in [0, 0.1) is 18.7 Å². The standard InChI is InChI=1S/C24H22FN7O/c1-14-11-27-20-7-4-17(12-31(14)20)21-22(16-2-5-18(25)6-3-16)29-24(26)32-23(21)28-19(30-32)10-15-8-9-33-13-15/h2-7,11-12,15H,8-10,13H2,1H3,(H2,26,29)/t15-/m0/s1. The molecule has 1 fully saturated rings. The van der Waals surface area contributed by atoms with E-state index >= 15 is 0 Å². The second-order valence-corrected chi connectivity index (χ2v) is 8.44. The van der Waals surface area contributed by atoms with Gasteiger partial charge >= 0.3 is 0 Å². The topological polar surface area (TPSA) is 95.6 Å². The SMILES string of the molecule is Cc1cnc2ccc(-c3c(-c4ccc(F)cc4)nc(N)n4nc(C[C@@H]5CCOC5)nc34)cn12. The third kappa shape index (κ3) is 3.41. The number of halogens is 1. The Balaban J connectivity index is 1.60. The van der Waals surface area contributed by atoms with E-state index in [2.05, 4.69) is 15.1 Å². The Kier molecular flexibility index (Phi) is 4.58. The molecule has 0 amide bonds. The van der Waals surface area contributed by atoms with Crippen LogP contribution in [-0.4, -0.2) is 42.2 Å². The van der Waals surface area contributed by atoms with Gasteiger partial charge in [-0.15, -0.1) is 5.10 Å². The first-order valence-electron chi connectivity index (χ1n) is 10.9. The molecule has 33 heavy (non-hydrogen) atoms. The van der Waals surface area contributed by atoms with Crippen molar-refractivity contribution < 1.29 is 9.13 Å². The van der Waals surface area contributed by atoms with E-state index < -0.39 is 0 Å². The van der Waals surface area contributed by atoms with Gasteiger partial charge in [-0.2, -0.15) is 4.52 Å². The van der Waals surface area contributed by atoms with Gasteiger partial charge in [-0.1, -0.05) is 0 Å². The number of hydrogen-bond acceptors (Lipinski definition) is 6. The minimum absolute atomic E-state index is 0.231. The Labute approximate surface area is 188 Å². The number of hydrogen-bond donors (Lipinski definition) is 1. The van der Waals surface area contributed by atoms with Crippen molar-refractivity contribution in [2.24, 2.45) is 5.92 Å². The second-order valence-electron chi connectivity index (χ2n) is 8.44. The van der Waals surface area contributed by atoms with Gasteiger partial charge in [-0.25, -0.2) is 19.3 Å². The second kappa shape index (κ2) is 7.63. The van der Waals surface area contributed by atoms with Crippen LogP contribution in [0.3, 0.4) is 0 Å². The van der Waals surface area contributed by atoms with Gasteiger partial charge in [0.15, 0.2) is 11.5 Å². The quantitative estimate of drug-likeness (QED) is 0.455. The molecule has 0 saturated carbocycles.